The molecule has 2 N–H and O–H groups in total. The van der Waals surface area contributed by atoms with E-state index in [2.05, 4.69) is 4.99 Å². The molecule has 0 spiro atoms. The van der Waals surface area contributed by atoms with Gasteiger partial charge in [-0.1, -0.05) is 60.7 Å². The first-order valence-corrected chi connectivity index (χ1v) is 11.5. The van der Waals surface area contributed by atoms with Crippen molar-refractivity contribution in [3.05, 3.63) is 95.7 Å². The van der Waals surface area contributed by atoms with Gasteiger partial charge >= 0.3 is 6.18 Å². The van der Waals surface area contributed by atoms with E-state index in [0.29, 0.717) is 10.5 Å². The summed E-state index contributed by atoms with van der Waals surface area (Å²) < 4.78 is 46.9. The first kappa shape index (κ1) is 25.3. The Morgan fingerprint density at radius 3 is 2.32 bits per heavy atom. The van der Waals surface area contributed by atoms with Gasteiger partial charge in [0.25, 0.3) is 0 Å². The summed E-state index contributed by atoms with van der Waals surface area (Å²) in [6, 6.07) is 21.2. The fourth-order valence-electron chi connectivity index (χ4n) is 3.10. The second-order valence-electron chi connectivity index (χ2n) is 7.22. The number of benzene rings is 3. The smallest absolute Gasteiger partial charge is 0.419 e. The number of alkyl halides is 3. The minimum atomic E-state index is -4.60. The quantitative estimate of drug-likeness (QED) is 0.332. The van der Waals surface area contributed by atoms with Crippen LogP contribution in [0.15, 0.2) is 84.0 Å². The molecular formula is C26H23F3N2O2S. The minimum absolute atomic E-state index is 0.00369. The Balaban J connectivity index is 1.80. The fourth-order valence-corrected chi connectivity index (χ4v) is 3.63. The highest BCUT2D eigenvalue weighted by Gasteiger charge is 2.35. The number of aliphatic hydroxyl groups excluding tert-OH is 1. The number of halogens is 3. The number of ether oxygens (including phenoxy) is 1. The van der Waals surface area contributed by atoms with E-state index >= 15 is 0 Å². The lowest BCUT2D eigenvalue weighted by Crippen LogP contribution is -2.09. The lowest BCUT2D eigenvalue weighted by atomic mass is 10.0. The summed E-state index contributed by atoms with van der Waals surface area (Å²) in [4.78, 5) is 4.39. The summed E-state index contributed by atoms with van der Waals surface area (Å²) >= 11 is 1.22. The number of thioether (sulfide) groups is 1. The van der Waals surface area contributed by atoms with Crippen LogP contribution in [-0.4, -0.2) is 29.9 Å². The van der Waals surface area contributed by atoms with Crippen LogP contribution in [-0.2, 0) is 12.8 Å². The van der Waals surface area contributed by atoms with Crippen molar-refractivity contribution < 1.29 is 23.0 Å². The molecule has 176 valence electrons. The van der Waals surface area contributed by atoms with Crippen molar-refractivity contribution in [1.29, 1.82) is 5.41 Å². The largest absolute Gasteiger partial charge is 0.488 e. The summed E-state index contributed by atoms with van der Waals surface area (Å²) in [6.45, 7) is -0.471. The molecule has 0 aliphatic rings. The van der Waals surface area contributed by atoms with Gasteiger partial charge < -0.3 is 15.3 Å². The molecule has 0 amide bonds. The standard InChI is InChI=1S/C26H23F3N2O2S/c1-34-25(15-31-14-22(30)16-32)21-11-12-24(23(13-21)26(27,28)29)33-17-18-7-9-20(10-8-18)19-5-3-2-4-6-19/h2-15,30,32H,16-17H2,1H3/b25-15-,30-22?,31-14?. The summed E-state index contributed by atoms with van der Waals surface area (Å²) in [5.41, 5.74) is 2.17. The maximum atomic E-state index is 13.8. The Morgan fingerprint density at radius 2 is 1.71 bits per heavy atom. The third kappa shape index (κ3) is 6.82. The molecule has 3 aromatic carbocycles. The molecule has 0 aromatic heterocycles. The third-order valence-corrected chi connectivity index (χ3v) is 5.62. The molecule has 0 atom stereocenters. The lowest BCUT2D eigenvalue weighted by molar-refractivity contribution is -0.139. The van der Waals surface area contributed by atoms with Gasteiger partial charge in [0.2, 0.25) is 0 Å². The Kier molecular flexibility index (Phi) is 8.67. The van der Waals surface area contributed by atoms with E-state index < -0.39 is 18.3 Å². The Bertz CT molecular complexity index is 1170. The van der Waals surface area contributed by atoms with E-state index in [1.165, 1.54) is 30.1 Å². The number of nitrogens with one attached hydrogen (secondary N) is 1. The molecule has 8 heteroatoms. The van der Waals surface area contributed by atoms with Crippen LogP contribution in [0.1, 0.15) is 16.7 Å². The van der Waals surface area contributed by atoms with Crippen molar-refractivity contribution in [3.63, 3.8) is 0 Å². The summed E-state index contributed by atoms with van der Waals surface area (Å²) in [5, 5.41) is 16.2. The normalized spacial score (nSPS) is 12.2. The fraction of sp³-hybridized carbons (Fsp3) is 0.154. The van der Waals surface area contributed by atoms with E-state index in [1.807, 2.05) is 54.6 Å². The first-order valence-electron chi connectivity index (χ1n) is 10.3. The minimum Gasteiger partial charge on any atom is -0.488 e. The zero-order chi connectivity index (χ0) is 24.6. The molecule has 0 aliphatic carbocycles. The summed E-state index contributed by atoms with van der Waals surface area (Å²) in [5.74, 6) is -0.255. The third-order valence-electron chi connectivity index (χ3n) is 4.84. The van der Waals surface area contributed by atoms with Crippen LogP contribution in [0, 0.1) is 5.41 Å². The Morgan fingerprint density at radius 1 is 1.03 bits per heavy atom. The number of nitrogens with zero attached hydrogens (tertiary/aromatic N) is 1. The Labute approximate surface area is 200 Å². The van der Waals surface area contributed by atoms with Crippen molar-refractivity contribution in [2.75, 3.05) is 12.9 Å². The molecule has 3 rings (SSSR count). The molecule has 0 radical (unpaired) electrons. The van der Waals surface area contributed by atoms with Gasteiger partial charge in [-0.2, -0.15) is 13.2 Å². The van der Waals surface area contributed by atoms with Crippen LogP contribution in [0.25, 0.3) is 16.0 Å². The first-order chi connectivity index (χ1) is 16.3. The second-order valence-corrected chi connectivity index (χ2v) is 8.07. The number of rotatable bonds is 9. The van der Waals surface area contributed by atoms with Crippen LogP contribution in [0.5, 0.6) is 5.75 Å². The van der Waals surface area contributed by atoms with Gasteiger partial charge in [-0.05, 0) is 40.6 Å². The molecule has 0 saturated heterocycles. The molecule has 0 saturated carbocycles. The molecular weight excluding hydrogens is 461 g/mol. The molecule has 34 heavy (non-hydrogen) atoms. The van der Waals surface area contributed by atoms with Crippen molar-refractivity contribution in [2.45, 2.75) is 12.8 Å². The highest BCUT2D eigenvalue weighted by molar-refractivity contribution is 8.07. The van der Waals surface area contributed by atoms with Crippen LogP contribution in [0.2, 0.25) is 0 Å². The maximum Gasteiger partial charge on any atom is 0.419 e. The zero-order valence-corrected chi connectivity index (χ0v) is 19.2. The van der Waals surface area contributed by atoms with Crippen molar-refractivity contribution >= 4 is 28.6 Å². The van der Waals surface area contributed by atoms with Gasteiger partial charge in [0, 0.05) is 17.3 Å². The summed E-state index contributed by atoms with van der Waals surface area (Å²) in [6.07, 6.45) is -0.385. The second kappa shape index (κ2) is 11.7. The van der Waals surface area contributed by atoms with E-state index in [9.17, 15) is 13.2 Å². The predicted molar refractivity (Wildman–Crippen MR) is 132 cm³/mol. The highest BCUT2D eigenvalue weighted by atomic mass is 32.2. The molecule has 0 bridgehead atoms. The average Bonchev–Trinajstić information content (AvgIpc) is 2.85. The Hall–Kier alpha value is -3.36. The topological polar surface area (TPSA) is 65.7 Å². The summed E-state index contributed by atoms with van der Waals surface area (Å²) in [7, 11) is 0. The van der Waals surface area contributed by atoms with E-state index in [-0.39, 0.29) is 18.1 Å². The monoisotopic (exact) mass is 484 g/mol. The van der Waals surface area contributed by atoms with Gasteiger partial charge in [0.1, 0.15) is 12.4 Å². The number of hydrogen-bond acceptors (Lipinski definition) is 5. The van der Waals surface area contributed by atoms with E-state index in [1.54, 1.807) is 6.26 Å². The number of aliphatic hydroxyl groups is 1. The van der Waals surface area contributed by atoms with E-state index in [4.69, 9.17) is 15.3 Å². The number of aliphatic imine (C=N–C) groups is 1. The van der Waals surface area contributed by atoms with Crippen LogP contribution in [0.4, 0.5) is 13.2 Å². The zero-order valence-electron chi connectivity index (χ0n) is 18.3. The average molecular weight is 485 g/mol. The molecule has 0 aliphatic heterocycles. The van der Waals surface area contributed by atoms with Crippen molar-refractivity contribution in [2.24, 2.45) is 4.99 Å². The van der Waals surface area contributed by atoms with E-state index in [0.717, 1.165) is 29.0 Å². The predicted octanol–water partition coefficient (Wildman–Crippen LogP) is 6.70. The van der Waals surface area contributed by atoms with Gasteiger partial charge in [-0.3, -0.25) is 4.99 Å². The van der Waals surface area contributed by atoms with Gasteiger partial charge in [-0.15, -0.1) is 11.8 Å². The van der Waals surface area contributed by atoms with Gasteiger partial charge in [0.05, 0.1) is 17.9 Å². The molecule has 0 heterocycles. The highest BCUT2D eigenvalue weighted by Crippen LogP contribution is 2.39. The molecule has 4 nitrogen and oxygen atoms in total. The molecule has 0 fully saturated rings. The molecule has 3 aromatic rings. The van der Waals surface area contributed by atoms with Crippen LogP contribution < -0.4 is 4.74 Å². The van der Waals surface area contributed by atoms with Gasteiger partial charge in [-0.25, -0.2) is 0 Å². The number of hydrogen-bond donors (Lipinski definition) is 2. The van der Waals surface area contributed by atoms with Gasteiger partial charge in [0.15, 0.2) is 0 Å². The van der Waals surface area contributed by atoms with Crippen LogP contribution in [0.3, 0.4) is 0 Å². The maximum absolute atomic E-state index is 13.8. The lowest BCUT2D eigenvalue weighted by Gasteiger charge is -2.16. The SMILES string of the molecule is CS/C(=C\N=CC(=N)CO)c1ccc(OCc2ccc(-c3ccccc3)cc2)c(C(F)(F)F)c1. The molecule has 0 unspecified atom stereocenters. The van der Waals surface area contributed by atoms with Crippen molar-refractivity contribution in [3.8, 4) is 16.9 Å². The van der Waals surface area contributed by atoms with Crippen molar-refractivity contribution in [1.82, 2.24) is 0 Å². The van der Waals surface area contributed by atoms with Crippen LogP contribution >= 0.6 is 11.8 Å².